The Labute approximate surface area is 797 Å². The van der Waals surface area contributed by atoms with E-state index < -0.39 is 16.2 Å². The van der Waals surface area contributed by atoms with Gasteiger partial charge in [0.25, 0.3) is 0 Å². The molecular formula is C126H132O8. The highest BCUT2D eigenvalue weighted by Gasteiger charge is 2.51. The highest BCUT2D eigenvalue weighted by atomic mass is 16.5. The number of benzene rings is 15. The third-order valence-corrected chi connectivity index (χ3v) is 30.0. The quantitative estimate of drug-likeness (QED) is 0.0659. The number of ether oxygens (including phenoxy) is 8. The summed E-state index contributed by atoms with van der Waals surface area (Å²) >= 11 is 0. The summed E-state index contributed by atoms with van der Waals surface area (Å²) in [5.74, 6) is 5.24. The molecule has 19 rings (SSSR count). The first-order valence-corrected chi connectivity index (χ1v) is 47.6. The molecule has 15 aromatic rings. The fourth-order valence-corrected chi connectivity index (χ4v) is 21.4. The Kier molecular flexibility index (Phi) is 26.8. The first-order valence-electron chi connectivity index (χ1n) is 47.6. The van der Waals surface area contributed by atoms with E-state index in [1.165, 1.54) is 223 Å². The van der Waals surface area contributed by atoms with Crippen LogP contribution in [0, 0.1) is 132 Å². The maximum absolute atomic E-state index is 5.99. The summed E-state index contributed by atoms with van der Waals surface area (Å²) < 4.78 is 45.2. The van der Waals surface area contributed by atoms with Crippen LogP contribution in [0.5, 0.6) is 34.5 Å². The second-order valence-corrected chi connectivity index (χ2v) is 38.1. The predicted octanol–water partition coefficient (Wildman–Crippen LogP) is 29.9. The van der Waals surface area contributed by atoms with E-state index in [4.69, 9.17) is 37.9 Å². The average Bonchev–Trinajstić information content (AvgIpc) is 1.53. The molecular weight excluding hydrogens is 1640 g/mol. The molecule has 15 aromatic carbocycles. The normalized spacial score (nSPS) is 13.5. The molecule has 4 aliphatic carbocycles. The number of hydrogen-bond acceptors (Lipinski definition) is 8. The molecule has 134 heavy (non-hydrogen) atoms. The Hall–Kier alpha value is -13.0. The van der Waals surface area contributed by atoms with E-state index in [1.54, 1.807) is 28.4 Å². The molecule has 8 nitrogen and oxygen atoms in total. The lowest BCUT2D eigenvalue weighted by Gasteiger charge is -2.35. The van der Waals surface area contributed by atoms with Gasteiger partial charge in [-0.1, -0.05) is 200 Å². The number of aryl methyl sites for hydroxylation is 19. The van der Waals surface area contributed by atoms with Gasteiger partial charge in [-0.25, -0.2) is 0 Å². The third kappa shape index (κ3) is 16.5. The van der Waals surface area contributed by atoms with Crippen molar-refractivity contribution in [1.82, 2.24) is 0 Å². The Bertz CT molecular complexity index is 6570. The van der Waals surface area contributed by atoms with Crippen LogP contribution in [0.25, 0.3) is 44.5 Å². The van der Waals surface area contributed by atoms with Crippen molar-refractivity contribution in [1.29, 1.82) is 0 Å². The van der Waals surface area contributed by atoms with Crippen LogP contribution >= 0.6 is 0 Å². The van der Waals surface area contributed by atoms with Gasteiger partial charge < -0.3 is 37.9 Å². The summed E-state index contributed by atoms with van der Waals surface area (Å²) in [4.78, 5) is 0. The standard InChI is InChI=1S/C37H42O4.C33H34O2.C31H30O2.C25H26/c1-7-38-17-19-40-31-13-9-29(10-14-31)37(30-11-15-32(16-12-30)41-20-18-39-8-2)35-23-27(5)25(3)21-33(35)34-22-26(4)28(6)24-36(34)37;1-19-15-27-28-16-20(2)22(4)18-30(28)33(29(27)17-21(19)3,25-9-11-31(34-7)23(5)13-25)26-10-12-32(35-8)24(6)14-26;1-19-15-27-28-16-20(2)22(4)18-30(28)31(29(27)17-21(19)3,23-7-11-25(32-5)12-8-23)24-9-13-26(33-6)14-10-24;1-15-7-9-20(10-8-15)25(6)23-13-18(4)16(2)11-21(23)22-12-17(3)19(5)14-24(22)25/h9-16,21-24H,7-8,17-20H2,1-6H3;9-18H,1-8H3;7-18H,1-6H3;7-14H,1-6H3. The zero-order chi connectivity index (χ0) is 95.3. The van der Waals surface area contributed by atoms with E-state index in [0.717, 1.165) is 45.6 Å². The van der Waals surface area contributed by atoms with Crippen LogP contribution < -0.4 is 28.4 Å². The van der Waals surface area contributed by atoms with Crippen LogP contribution in [0.3, 0.4) is 0 Å². The zero-order valence-corrected chi connectivity index (χ0v) is 83.8. The van der Waals surface area contributed by atoms with Gasteiger partial charge in [0.05, 0.1) is 57.9 Å². The van der Waals surface area contributed by atoms with Crippen molar-refractivity contribution in [2.75, 3.05) is 68.1 Å². The van der Waals surface area contributed by atoms with Crippen molar-refractivity contribution < 1.29 is 37.9 Å². The lowest BCUT2D eigenvalue weighted by molar-refractivity contribution is 0.110. The number of hydrogen-bond donors (Lipinski definition) is 0. The van der Waals surface area contributed by atoms with Gasteiger partial charge >= 0.3 is 0 Å². The molecule has 684 valence electrons. The molecule has 8 heteroatoms. The van der Waals surface area contributed by atoms with E-state index in [2.05, 4.69) is 393 Å². The molecule has 0 aromatic heterocycles. The zero-order valence-electron chi connectivity index (χ0n) is 83.8. The molecule has 0 saturated heterocycles. The maximum atomic E-state index is 5.99. The minimum atomic E-state index is -0.477. The molecule has 0 aliphatic heterocycles. The van der Waals surface area contributed by atoms with Crippen LogP contribution in [-0.4, -0.2) is 68.1 Å². The molecule has 0 atom stereocenters. The van der Waals surface area contributed by atoms with Crippen molar-refractivity contribution >= 4 is 0 Å². The van der Waals surface area contributed by atoms with Crippen LogP contribution in [0.1, 0.15) is 210 Å². The van der Waals surface area contributed by atoms with E-state index in [-0.39, 0.29) is 5.41 Å². The fourth-order valence-electron chi connectivity index (χ4n) is 21.4. The second-order valence-electron chi connectivity index (χ2n) is 38.1. The van der Waals surface area contributed by atoms with Crippen LogP contribution in [0.4, 0.5) is 0 Å². The topological polar surface area (TPSA) is 73.8 Å². The molecule has 0 bridgehead atoms. The van der Waals surface area contributed by atoms with Crippen molar-refractivity contribution in [3.05, 3.63) is 444 Å². The smallest absolute Gasteiger partial charge is 0.121 e. The number of methoxy groups -OCH3 is 4. The molecule has 0 N–H and O–H groups in total. The summed E-state index contributed by atoms with van der Waals surface area (Å²) in [5, 5.41) is 0. The highest BCUT2D eigenvalue weighted by Crippen LogP contribution is 2.62. The van der Waals surface area contributed by atoms with Gasteiger partial charge in [0.1, 0.15) is 47.7 Å². The van der Waals surface area contributed by atoms with Crippen LogP contribution in [-0.2, 0) is 31.1 Å². The summed E-state index contributed by atoms with van der Waals surface area (Å²) in [6.07, 6.45) is 0. The molecule has 0 fully saturated rings. The van der Waals surface area contributed by atoms with Crippen LogP contribution in [0.15, 0.2) is 255 Å². The van der Waals surface area contributed by atoms with Crippen molar-refractivity contribution in [2.45, 2.75) is 174 Å². The van der Waals surface area contributed by atoms with E-state index in [1.807, 2.05) is 13.8 Å². The van der Waals surface area contributed by atoms with Gasteiger partial charge in [0, 0.05) is 18.6 Å². The van der Waals surface area contributed by atoms with E-state index in [0.29, 0.717) is 39.6 Å². The van der Waals surface area contributed by atoms with Crippen molar-refractivity contribution in [3.63, 3.8) is 0 Å². The van der Waals surface area contributed by atoms with Gasteiger partial charge in [-0.3, -0.25) is 0 Å². The third-order valence-electron chi connectivity index (χ3n) is 30.0. The minimum Gasteiger partial charge on any atom is -0.497 e. The van der Waals surface area contributed by atoms with Crippen molar-refractivity contribution in [2.24, 2.45) is 0 Å². The predicted molar refractivity (Wildman–Crippen MR) is 555 cm³/mol. The monoisotopic (exact) mass is 1770 g/mol. The van der Waals surface area contributed by atoms with Gasteiger partial charge in [-0.15, -0.1) is 0 Å². The molecule has 0 unspecified atom stereocenters. The maximum Gasteiger partial charge on any atom is 0.121 e. The molecule has 0 spiro atoms. The first-order chi connectivity index (χ1) is 64.3. The summed E-state index contributed by atoms with van der Waals surface area (Å²) in [6.45, 7) is 51.9. The lowest BCUT2D eigenvalue weighted by Crippen LogP contribution is -2.29. The molecule has 0 radical (unpaired) electrons. The van der Waals surface area contributed by atoms with Crippen molar-refractivity contribution in [3.8, 4) is 79.0 Å². The Morgan fingerprint density at radius 3 is 0.634 bits per heavy atom. The largest absolute Gasteiger partial charge is 0.497 e. The summed E-state index contributed by atoms with van der Waals surface area (Å²) in [7, 11) is 6.91. The van der Waals surface area contributed by atoms with Gasteiger partial charge in [0.2, 0.25) is 0 Å². The van der Waals surface area contributed by atoms with Gasteiger partial charge in [-0.2, -0.15) is 0 Å². The van der Waals surface area contributed by atoms with Crippen LogP contribution in [0.2, 0.25) is 0 Å². The van der Waals surface area contributed by atoms with Gasteiger partial charge in [0.15, 0.2) is 0 Å². The van der Waals surface area contributed by atoms with E-state index >= 15 is 0 Å². The molecule has 0 amide bonds. The first kappa shape index (κ1) is 94.2. The second kappa shape index (κ2) is 38.2. The van der Waals surface area contributed by atoms with E-state index in [9.17, 15) is 0 Å². The molecule has 0 saturated carbocycles. The lowest BCUT2D eigenvalue weighted by atomic mass is 9.66. The number of fused-ring (bicyclic) bond motifs is 12. The molecule has 0 heterocycles. The average molecular weight is 1770 g/mol. The number of rotatable bonds is 21. The SMILES string of the molecule is CCOCCOc1ccc(C2(c3ccc(OCCOCC)cc3)c3cc(C)c(C)cc3-c3cc(C)c(C)cc32)cc1.COc1ccc(C2(c3ccc(OC)c(C)c3)c3cc(C)c(C)cc3-c3cc(C)c(C)cc32)cc1C.COc1ccc(C2(c3ccc(OC)cc3)c3cc(C)c(C)cc3-c3cc(C)c(C)cc32)cc1.Cc1ccc(C2(C)c3cc(C)c(C)cc3-c3cc(C)c(C)cc32)cc1. The van der Waals surface area contributed by atoms with Gasteiger partial charge in [-0.05, 0) is 441 Å². The Balaban J connectivity index is 0.000000132. The minimum absolute atomic E-state index is 0.0880. The highest BCUT2D eigenvalue weighted by molar-refractivity contribution is 5.92. The summed E-state index contributed by atoms with van der Waals surface area (Å²) in [6, 6.07) is 95.1. The molecule has 4 aliphatic rings. The Morgan fingerprint density at radius 1 is 0.194 bits per heavy atom. The summed E-state index contributed by atoms with van der Waals surface area (Å²) in [5.41, 5.74) is 53.7. The Morgan fingerprint density at radius 2 is 0.403 bits per heavy atom. The fraction of sp³-hybridized carbons (Fsp3) is 0.286.